The van der Waals surface area contributed by atoms with Crippen molar-refractivity contribution in [3.63, 3.8) is 0 Å². The smallest absolute Gasteiger partial charge is 0.268 e. The number of carbonyl (C=O) groups excluding carboxylic acids is 2. The molecule has 2 amide bonds. The Labute approximate surface area is 159 Å². The maximum atomic E-state index is 12.3. The normalized spacial score (nSPS) is 16.7. The number of aromatic nitrogens is 3. The van der Waals surface area contributed by atoms with Gasteiger partial charge in [0.15, 0.2) is 0 Å². The van der Waals surface area contributed by atoms with Gasteiger partial charge in [-0.2, -0.15) is 0 Å². The first-order valence-electron chi connectivity index (χ1n) is 8.81. The summed E-state index contributed by atoms with van der Waals surface area (Å²) in [5.74, 6) is -0.217. The van der Waals surface area contributed by atoms with E-state index >= 15 is 0 Å². The van der Waals surface area contributed by atoms with E-state index < -0.39 is 0 Å². The van der Waals surface area contributed by atoms with E-state index in [0.29, 0.717) is 32.0 Å². The molecule has 0 aliphatic carbocycles. The second kappa shape index (κ2) is 7.53. The van der Waals surface area contributed by atoms with Crippen LogP contribution in [0.5, 0.6) is 0 Å². The molecule has 4 rings (SSSR count). The first-order chi connectivity index (χ1) is 13.1. The Morgan fingerprint density at radius 3 is 3.07 bits per heavy atom. The quantitative estimate of drug-likeness (QED) is 0.597. The fourth-order valence-corrected chi connectivity index (χ4v) is 3.83. The van der Waals surface area contributed by atoms with Crippen molar-refractivity contribution in [2.75, 3.05) is 13.2 Å². The van der Waals surface area contributed by atoms with Crippen LogP contribution in [0.2, 0.25) is 0 Å². The number of nitrogens with zero attached hydrogens (tertiary/aromatic N) is 2. The van der Waals surface area contributed by atoms with Crippen LogP contribution in [-0.4, -0.2) is 39.6 Å². The molecule has 4 heterocycles. The lowest BCUT2D eigenvalue weighted by Gasteiger charge is -2.07. The lowest BCUT2D eigenvalue weighted by atomic mass is 10.1. The number of hydrogen-bond acceptors (Lipinski definition) is 5. The Hall–Kier alpha value is -2.65. The number of carbonyl (C=O) groups is 2. The lowest BCUT2D eigenvalue weighted by molar-refractivity contribution is -0.125. The molecule has 142 valence electrons. The SMILES string of the molecule is Cn1ccc2[nH]c(C(=O)NCc3nc(CNC(=O)[C@H]4CCOC4)cs3)cc21. The minimum Gasteiger partial charge on any atom is -0.381 e. The van der Waals surface area contributed by atoms with Crippen molar-refractivity contribution in [2.45, 2.75) is 19.5 Å². The van der Waals surface area contributed by atoms with E-state index in [1.165, 1.54) is 11.3 Å². The minimum absolute atomic E-state index is 0.00849. The second-order valence-electron chi connectivity index (χ2n) is 6.60. The summed E-state index contributed by atoms with van der Waals surface area (Å²) >= 11 is 1.46. The summed E-state index contributed by atoms with van der Waals surface area (Å²) in [5.41, 5.74) is 3.24. The third-order valence-corrected chi connectivity index (χ3v) is 5.56. The summed E-state index contributed by atoms with van der Waals surface area (Å²) in [6, 6.07) is 3.77. The van der Waals surface area contributed by atoms with Gasteiger partial charge in [-0.15, -0.1) is 11.3 Å². The third-order valence-electron chi connectivity index (χ3n) is 4.66. The zero-order valence-corrected chi connectivity index (χ0v) is 15.8. The highest BCUT2D eigenvalue weighted by atomic mass is 32.1. The van der Waals surface area contributed by atoms with E-state index in [1.54, 1.807) is 0 Å². The highest BCUT2D eigenvalue weighted by Gasteiger charge is 2.23. The molecule has 1 atom stereocenters. The number of hydrogen-bond donors (Lipinski definition) is 3. The van der Waals surface area contributed by atoms with E-state index in [-0.39, 0.29) is 17.7 Å². The van der Waals surface area contributed by atoms with Gasteiger partial charge >= 0.3 is 0 Å². The zero-order valence-electron chi connectivity index (χ0n) is 14.9. The predicted molar refractivity (Wildman–Crippen MR) is 101 cm³/mol. The molecule has 3 aromatic heterocycles. The summed E-state index contributed by atoms with van der Waals surface area (Å²) in [6.07, 6.45) is 2.71. The Morgan fingerprint density at radius 1 is 1.41 bits per heavy atom. The van der Waals surface area contributed by atoms with Gasteiger partial charge in [-0.25, -0.2) is 4.98 Å². The van der Waals surface area contributed by atoms with Gasteiger partial charge in [-0.05, 0) is 18.6 Å². The van der Waals surface area contributed by atoms with E-state index in [0.717, 1.165) is 28.2 Å². The molecule has 0 bridgehead atoms. The topological polar surface area (TPSA) is 101 Å². The van der Waals surface area contributed by atoms with Gasteiger partial charge in [0.2, 0.25) is 5.91 Å². The Bertz CT molecular complexity index is 967. The molecular weight excluding hydrogens is 366 g/mol. The van der Waals surface area contributed by atoms with Gasteiger partial charge in [-0.3, -0.25) is 9.59 Å². The van der Waals surface area contributed by atoms with Crippen LogP contribution in [-0.2, 0) is 29.7 Å². The van der Waals surface area contributed by atoms with Crippen LogP contribution in [0.15, 0.2) is 23.7 Å². The number of nitrogens with one attached hydrogen (secondary N) is 3. The molecule has 1 fully saturated rings. The molecule has 3 aromatic rings. The van der Waals surface area contributed by atoms with Crippen molar-refractivity contribution >= 4 is 34.2 Å². The molecule has 3 N–H and O–H groups in total. The van der Waals surface area contributed by atoms with Gasteiger partial charge in [0.05, 0.1) is 42.3 Å². The van der Waals surface area contributed by atoms with E-state index in [2.05, 4.69) is 20.6 Å². The van der Waals surface area contributed by atoms with Gasteiger partial charge in [0.25, 0.3) is 5.91 Å². The van der Waals surface area contributed by atoms with Crippen molar-refractivity contribution < 1.29 is 14.3 Å². The first-order valence-corrected chi connectivity index (χ1v) is 9.69. The van der Waals surface area contributed by atoms with Crippen molar-refractivity contribution in [1.82, 2.24) is 25.2 Å². The number of thiazole rings is 1. The van der Waals surface area contributed by atoms with Crippen molar-refractivity contribution in [2.24, 2.45) is 13.0 Å². The Kier molecular flexibility index (Phi) is 4.95. The maximum Gasteiger partial charge on any atom is 0.268 e. The van der Waals surface area contributed by atoms with Crippen LogP contribution in [0.4, 0.5) is 0 Å². The molecular formula is C18H21N5O3S. The van der Waals surface area contributed by atoms with E-state index in [4.69, 9.17) is 4.74 Å². The average Bonchev–Trinajstić information content (AvgIpc) is 3.43. The van der Waals surface area contributed by atoms with Gasteiger partial charge in [0.1, 0.15) is 10.7 Å². The Morgan fingerprint density at radius 2 is 2.30 bits per heavy atom. The summed E-state index contributed by atoms with van der Waals surface area (Å²) in [7, 11) is 1.94. The average molecular weight is 387 g/mol. The molecule has 0 unspecified atom stereocenters. The second-order valence-corrected chi connectivity index (χ2v) is 7.54. The number of amides is 2. The highest BCUT2D eigenvalue weighted by Crippen LogP contribution is 2.16. The summed E-state index contributed by atoms with van der Waals surface area (Å²) in [6.45, 7) is 1.88. The lowest BCUT2D eigenvalue weighted by Crippen LogP contribution is -2.30. The molecule has 1 aliphatic heterocycles. The predicted octanol–water partition coefficient (Wildman–Crippen LogP) is 1.55. The molecule has 0 aromatic carbocycles. The maximum absolute atomic E-state index is 12.3. The van der Waals surface area contributed by atoms with Crippen LogP contribution in [0.3, 0.4) is 0 Å². The molecule has 9 heteroatoms. The number of aryl methyl sites for hydroxylation is 1. The van der Waals surface area contributed by atoms with Crippen LogP contribution < -0.4 is 10.6 Å². The molecule has 0 spiro atoms. The number of H-pyrrole nitrogens is 1. The molecule has 8 nitrogen and oxygen atoms in total. The van der Waals surface area contributed by atoms with Crippen LogP contribution in [0, 0.1) is 5.92 Å². The number of ether oxygens (including phenoxy) is 1. The van der Waals surface area contributed by atoms with Gasteiger partial charge in [-0.1, -0.05) is 0 Å². The largest absolute Gasteiger partial charge is 0.381 e. The van der Waals surface area contributed by atoms with Gasteiger partial charge in [0, 0.05) is 25.2 Å². The molecule has 0 saturated carbocycles. The fraction of sp³-hybridized carbons (Fsp3) is 0.389. The standard InChI is InChI=1S/C18H21N5O3S/c1-23-4-2-13-15(23)6-14(22-13)18(25)20-8-16-21-12(10-27-16)7-19-17(24)11-3-5-26-9-11/h2,4,6,10-11,22H,3,5,7-9H2,1H3,(H,19,24)(H,20,25)/t11-/m0/s1. The van der Waals surface area contributed by atoms with E-state index in [9.17, 15) is 9.59 Å². The van der Waals surface area contributed by atoms with Crippen molar-refractivity contribution in [3.05, 3.63) is 40.1 Å². The van der Waals surface area contributed by atoms with Crippen molar-refractivity contribution in [1.29, 1.82) is 0 Å². The van der Waals surface area contributed by atoms with Gasteiger partial charge < -0.3 is 24.9 Å². The first kappa shape index (κ1) is 17.7. The molecule has 1 aliphatic rings. The third kappa shape index (κ3) is 3.88. The van der Waals surface area contributed by atoms with Crippen LogP contribution in [0.1, 0.15) is 27.6 Å². The van der Waals surface area contributed by atoms with Crippen LogP contribution in [0.25, 0.3) is 11.0 Å². The molecule has 27 heavy (non-hydrogen) atoms. The summed E-state index contributed by atoms with van der Waals surface area (Å²) < 4.78 is 7.19. The highest BCUT2D eigenvalue weighted by molar-refractivity contribution is 7.09. The van der Waals surface area contributed by atoms with E-state index in [1.807, 2.05) is 35.3 Å². The fourth-order valence-electron chi connectivity index (χ4n) is 3.09. The summed E-state index contributed by atoms with van der Waals surface area (Å²) in [4.78, 5) is 31.9. The molecule has 1 saturated heterocycles. The summed E-state index contributed by atoms with van der Waals surface area (Å²) in [5, 5.41) is 8.46. The monoisotopic (exact) mass is 387 g/mol. The Balaban J connectivity index is 1.28. The number of rotatable bonds is 6. The number of fused-ring (bicyclic) bond motifs is 1. The zero-order chi connectivity index (χ0) is 18.8. The number of aromatic amines is 1. The van der Waals surface area contributed by atoms with Crippen molar-refractivity contribution in [3.8, 4) is 0 Å². The van der Waals surface area contributed by atoms with Crippen LogP contribution >= 0.6 is 11.3 Å². The minimum atomic E-state index is -0.169. The molecule has 0 radical (unpaired) electrons.